The summed E-state index contributed by atoms with van der Waals surface area (Å²) in [6.45, 7) is 1.90. The van der Waals surface area contributed by atoms with Crippen LogP contribution < -0.4 is 4.72 Å². The number of sulfonamides is 1. The molecule has 0 saturated heterocycles. The molecule has 5 rings (SSSR count). The normalized spacial score (nSPS) is 11.9. The van der Waals surface area contributed by atoms with Crippen LogP contribution in [0.5, 0.6) is 0 Å². The summed E-state index contributed by atoms with van der Waals surface area (Å²) in [5.41, 5.74) is 1.82. The molecule has 5 aromatic rings. The molecule has 0 radical (unpaired) electrons. The summed E-state index contributed by atoms with van der Waals surface area (Å²) in [5.74, 6) is 0.586. The van der Waals surface area contributed by atoms with Crippen molar-refractivity contribution in [3.05, 3.63) is 72.4 Å². The first kappa shape index (κ1) is 17.4. The van der Waals surface area contributed by atoms with Crippen molar-refractivity contribution in [2.75, 3.05) is 4.72 Å². The molecule has 2 aromatic carbocycles. The minimum atomic E-state index is -3.87. The van der Waals surface area contributed by atoms with E-state index in [9.17, 15) is 8.42 Å². The SMILES string of the molecule is Cc1nn2c(-c3ccc(S(=O)(=O)Nc4ccccc4)o3)nnc2c2ccccc12. The Kier molecular flexibility index (Phi) is 3.85. The number of aromatic nitrogens is 4. The maximum absolute atomic E-state index is 12.6. The summed E-state index contributed by atoms with van der Waals surface area (Å²) in [6, 6.07) is 19.3. The number of hydrogen-bond donors (Lipinski definition) is 1. The second kappa shape index (κ2) is 6.42. The number of nitrogens with one attached hydrogen (secondary N) is 1. The van der Waals surface area contributed by atoms with Gasteiger partial charge in [0.25, 0.3) is 10.0 Å². The zero-order chi connectivity index (χ0) is 20.0. The first-order chi connectivity index (χ1) is 14.0. The molecule has 144 valence electrons. The highest BCUT2D eigenvalue weighted by Crippen LogP contribution is 2.27. The summed E-state index contributed by atoms with van der Waals surface area (Å²) in [6.07, 6.45) is 0. The van der Waals surface area contributed by atoms with Crippen LogP contribution in [-0.2, 0) is 10.0 Å². The second-order valence-corrected chi connectivity index (χ2v) is 8.09. The van der Waals surface area contributed by atoms with E-state index in [1.54, 1.807) is 40.9 Å². The molecule has 0 unspecified atom stereocenters. The molecule has 0 aliphatic rings. The van der Waals surface area contributed by atoms with Gasteiger partial charge in [-0.3, -0.25) is 4.72 Å². The van der Waals surface area contributed by atoms with Gasteiger partial charge in [-0.05, 0) is 31.2 Å². The largest absolute Gasteiger partial charge is 0.439 e. The van der Waals surface area contributed by atoms with E-state index in [0.29, 0.717) is 17.2 Å². The van der Waals surface area contributed by atoms with E-state index in [2.05, 4.69) is 20.0 Å². The minimum Gasteiger partial charge on any atom is -0.439 e. The Bertz CT molecular complexity index is 1460. The first-order valence-electron chi connectivity index (χ1n) is 8.82. The Labute approximate surface area is 165 Å². The maximum atomic E-state index is 12.6. The van der Waals surface area contributed by atoms with Crippen LogP contribution in [0.25, 0.3) is 28.0 Å². The fraction of sp³-hybridized carbons (Fsp3) is 0.0500. The van der Waals surface area contributed by atoms with Crippen molar-refractivity contribution in [1.29, 1.82) is 0 Å². The van der Waals surface area contributed by atoms with Gasteiger partial charge in [0, 0.05) is 16.5 Å². The van der Waals surface area contributed by atoms with Gasteiger partial charge in [-0.1, -0.05) is 42.5 Å². The van der Waals surface area contributed by atoms with Gasteiger partial charge in [0.2, 0.25) is 10.9 Å². The van der Waals surface area contributed by atoms with Crippen LogP contribution in [0, 0.1) is 6.92 Å². The van der Waals surface area contributed by atoms with Gasteiger partial charge in [-0.15, -0.1) is 10.2 Å². The predicted molar refractivity (Wildman–Crippen MR) is 108 cm³/mol. The lowest BCUT2D eigenvalue weighted by molar-refractivity contribution is 0.459. The molecule has 8 nitrogen and oxygen atoms in total. The summed E-state index contributed by atoms with van der Waals surface area (Å²) in [5, 5.41) is 14.6. The lowest BCUT2D eigenvalue weighted by atomic mass is 10.1. The zero-order valence-corrected chi connectivity index (χ0v) is 16.1. The van der Waals surface area contributed by atoms with Crippen LogP contribution in [0.4, 0.5) is 5.69 Å². The lowest BCUT2D eigenvalue weighted by Crippen LogP contribution is -2.11. The third-order valence-electron chi connectivity index (χ3n) is 4.54. The Morgan fingerprint density at radius 2 is 1.62 bits per heavy atom. The molecular formula is C20H15N5O3S. The molecule has 3 aromatic heterocycles. The number of benzene rings is 2. The second-order valence-electron chi connectivity index (χ2n) is 6.48. The molecule has 3 heterocycles. The molecule has 0 bridgehead atoms. The highest BCUT2D eigenvalue weighted by Gasteiger charge is 2.22. The Morgan fingerprint density at radius 1 is 0.897 bits per heavy atom. The summed E-state index contributed by atoms with van der Waals surface area (Å²) in [4.78, 5) is 0. The molecule has 0 amide bonds. The number of furan rings is 1. The zero-order valence-electron chi connectivity index (χ0n) is 15.3. The van der Waals surface area contributed by atoms with Gasteiger partial charge in [0.1, 0.15) is 0 Å². The summed E-state index contributed by atoms with van der Waals surface area (Å²) < 4.78 is 34.9. The van der Waals surface area contributed by atoms with Gasteiger partial charge >= 0.3 is 0 Å². The molecule has 1 N–H and O–H groups in total. The molecule has 0 aliphatic heterocycles. The van der Waals surface area contributed by atoms with Crippen molar-refractivity contribution in [2.45, 2.75) is 12.0 Å². The fourth-order valence-electron chi connectivity index (χ4n) is 3.19. The van der Waals surface area contributed by atoms with Crippen LogP contribution in [0.1, 0.15) is 5.69 Å². The monoisotopic (exact) mass is 405 g/mol. The topological polar surface area (TPSA) is 102 Å². The van der Waals surface area contributed by atoms with Gasteiger partial charge in [-0.2, -0.15) is 18.0 Å². The molecule has 29 heavy (non-hydrogen) atoms. The summed E-state index contributed by atoms with van der Waals surface area (Å²) in [7, 11) is -3.87. The molecule has 0 aliphatic carbocycles. The number of aryl methyl sites for hydroxylation is 1. The smallest absolute Gasteiger partial charge is 0.295 e. The Balaban J connectivity index is 1.58. The average molecular weight is 405 g/mol. The molecular weight excluding hydrogens is 390 g/mol. The molecule has 9 heteroatoms. The van der Waals surface area contributed by atoms with Crippen LogP contribution in [-0.4, -0.2) is 28.2 Å². The van der Waals surface area contributed by atoms with E-state index >= 15 is 0 Å². The van der Waals surface area contributed by atoms with E-state index in [1.165, 1.54) is 6.07 Å². The van der Waals surface area contributed by atoms with Crippen molar-refractivity contribution in [3.63, 3.8) is 0 Å². The molecule has 0 fully saturated rings. The maximum Gasteiger partial charge on any atom is 0.295 e. The molecule has 0 saturated carbocycles. The van der Waals surface area contributed by atoms with E-state index in [1.807, 2.05) is 31.2 Å². The van der Waals surface area contributed by atoms with E-state index in [0.717, 1.165) is 16.5 Å². The standard InChI is InChI=1S/C20H15N5O3S/c1-13-15-9-5-6-10-16(15)19-21-22-20(25(19)23-13)17-11-12-18(28-17)29(26,27)24-14-7-3-2-4-8-14/h2-12,24H,1H3. The molecule has 0 atom stereocenters. The number of para-hydroxylation sites is 1. The number of anilines is 1. The first-order valence-corrected chi connectivity index (χ1v) is 10.3. The minimum absolute atomic E-state index is 0.217. The number of hydrogen-bond acceptors (Lipinski definition) is 6. The lowest BCUT2D eigenvalue weighted by Gasteiger charge is -2.05. The van der Waals surface area contributed by atoms with Crippen LogP contribution in [0.15, 0.2) is 76.2 Å². The van der Waals surface area contributed by atoms with Gasteiger partial charge in [0.15, 0.2) is 11.4 Å². The third kappa shape index (κ3) is 2.92. The van der Waals surface area contributed by atoms with Gasteiger partial charge < -0.3 is 4.42 Å². The van der Waals surface area contributed by atoms with Crippen LogP contribution in [0.2, 0.25) is 0 Å². The fourth-order valence-corrected chi connectivity index (χ4v) is 4.18. The quantitative estimate of drug-likeness (QED) is 0.490. The predicted octanol–water partition coefficient (Wildman–Crippen LogP) is 3.65. The average Bonchev–Trinajstić information content (AvgIpc) is 3.36. The highest BCUT2D eigenvalue weighted by molar-refractivity contribution is 7.92. The van der Waals surface area contributed by atoms with Crippen molar-refractivity contribution in [3.8, 4) is 11.6 Å². The Hall–Kier alpha value is -3.72. The Morgan fingerprint density at radius 3 is 2.41 bits per heavy atom. The van der Waals surface area contributed by atoms with Gasteiger partial charge in [-0.25, -0.2) is 0 Å². The van der Waals surface area contributed by atoms with Gasteiger partial charge in [0.05, 0.1) is 5.69 Å². The van der Waals surface area contributed by atoms with E-state index in [-0.39, 0.29) is 10.9 Å². The molecule has 0 spiro atoms. The van der Waals surface area contributed by atoms with E-state index < -0.39 is 10.0 Å². The van der Waals surface area contributed by atoms with Crippen molar-refractivity contribution >= 4 is 32.1 Å². The third-order valence-corrected chi connectivity index (χ3v) is 5.79. The number of fused-ring (bicyclic) bond motifs is 3. The number of nitrogens with zero attached hydrogens (tertiary/aromatic N) is 4. The van der Waals surface area contributed by atoms with Crippen molar-refractivity contribution < 1.29 is 12.8 Å². The van der Waals surface area contributed by atoms with Crippen molar-refractivity contribution in [2.24, 2.45) is 0 Å². The van der Waals surface area contributed by atoms with Crippen molar-refractivity contribution in [1.82, 2.24) is 19.8 Å². The highest BCUT2D eigenvalue weighted by atomic mass is 32.2. The van der Waals surface area contributed by atoms with Crippen LogP contribution in [0.3, 0.4) is 0 Å². The summed E-state index contributed by atoms with van der Waals surface area (Å²) >= 11 is 0. The van der Waals surface area contributed by atoms with Crippen LogP contribution >= 0.6 is 0 Å². The van der Waals surface area contributed by atoms with E-state index in [4.69, 9.17) is 4.42 Å². The number of rotatable bonds is 4.